The van der Waals surface area contributed by atoms with Crippen molar-refractivity contribution < 1.29 is 113 Å². The first-order chi connectivity index (χ1) is 48.3. The van der Waals surface area contributed by atoms with Gasteiger partial charge in [-0.25, -0.2) is 0 Å². The molecule has 0 aromatic heterocycles. The molecule has 0 saturated heterocycles. The average molecular weight is 1510 g/mol. The highest BCUT2D eigenvalue weighted by Crippen LogP contribution is 2.21. The zero-order valence-electron chi connectivity index (χ0n) is 68.6. The van der Waals surface area contributed by atoms with E-state index in [1.807, 2.05) is 0 Å². The van der Waals surface area contributed by atoms with Crippen molar-refractivity contribution in [3.63, 3.8) is 0 Å². The van der Waals surface area contributed by atoms with Gasteiger partial charge >= 0.3 is 0 Å². The molecular formula is C82H166Cl2N9O10+7. The van der Waals surface area contributed by atoms with Crippen molar-refractivity contribution in [3.05, 3.63) is 0 Å². The molecule has 0 heterocycles. The van der Waals surface area contributed by atoms with Crippen LogP contribution in [0.3, 0.4) is 0 Å². The zero-order chi connectivity index (χ0) is 75.4. The smallest absolute Gasteiger partial charge is 0.174 e. The first kappa shape index (κ1) is 104. The molecule has 0 radical (unpaired) electrons. The number of nitrogens with zero attached hydrogens (tertiary/aromatic N) is 9. The van der Waals surface area contributed by atoms with Crippen LogP contribution in [0.25, 0.3) is 0 Å². The first-order valence-electron chi connectivity index (χ1n) is 41.3. The van der Waals surface area contributed by atoms with Crippen LogP contribution in [0.4, 0.5) is 0 Å². The van der Waals surface area contributed by atoms with Gasteiger partial charge in [-0.3, -0.25) is 43.2 Å². The summed E-state index contributed by atoms with van der Waals surface area (Å²) in [6.07, 6.45) is 49.5. The largest absolute Gasteiger partial charge is 1.00 e. The zero-order valence-corrected chi connectivity index (χ0v) is 70.2. The molecule has 8 atom stereocenters. The predicted molar refractivity (Wildman–Crippen MR) is 416 cm³/mol. The Labute approximate surface area is 645 Å². The van der Waals surface area contributed by atoms with Crippen LogP contribution in [-0.4, -0.2) is 349 Å². The maximum Gasteiger partial charge on any atom is 0.174 e. The molecule has 0 aromatic rings. The number of hydrogen-bond donors (Lipinski definition) is 1. The van der Waals surface area contributed by atoms with Gasteiger partial charge < -0.3 is 70.3 Å². The molecular weight excluding hydrogens is 1340 g/mol. The highest BCUT2D eigenvalue weighted by atomic mass is 35.5. The summed E-state index contributed by atoms with van der Waals surface area (Å²) in [4.78, 5) is 105. The Bertz CT molecular complexity index is 2150. The van der Waals surface area contributed by atoms with Gasteiger partial charge in [0.2, 0.25) is 0 Å². The summed E-state index contributed by atoms with van der Waals surface area (Å²) in [6, 6.07) is 0. The van der Waals surface area contributed by atoms with Crippen molar-refractivity contribution in [1.82, 2.24) is 0 Å². The second-order valence-corrected chi connectivity index (χ2v) is 34.8. The van der Waals surface area contributed by atoms with Gasteiger partial charge in [0.25, 0.3) is 0 Å². The molecule has 0 aromatic carbocycles. The Morgan fingerprint density at radius 1 is 0.165 bits per heavy atom. The van der Waals surface area contributed by atoms with Gasteiger partial charge in [0.1, 0.15) is 58.9 Å². The lowest BCUT2D eigenvalue weighted by molar-refractivity contribution is -0.902. The third-order valence-electron chi connectivity index (χ3n) is 23.5. The number of unbranched alkanes of at least 4 members (excludes halogenated alkanes) is 27. The van der Waals surface area contributed by atoms with Crippen molar-refractivity contribution in [2.45, 2.75) is 231 Å². The lowest BCUT2D eigenvalue weighted by Crippen LogP contribution is -3.00. The molecule has 0 fully saturated rings. The number of halogens is 2. The Hall–Kier alpha value is -2.79. The molecule has 0 aliphatic carbocycles. The third-order valence-corrected chi connectivity index (χ3v) is 23.5. The fraction of sp³-hybridized carbons (Fsp3) is 0.890. The number of aliphatic hydroxyl groups is 1. The van der Waals surface area contributed by atoms with E-state index in [1.54, 1.807) is 0 Å². The molecule has 19 nitrogen and oxygen atoms in total. The van der Waals surface area contributed by atoms with E-state index in [9.17, 15) is 43.2 Å². The number of carbonyl (C=O) groups is 9. The minimum atomic E-state index is 0. The Kier molecular flexibility index (Phi) is 63.9. The molecule has 0 spiro atoms. The molecule has 103 heavy (non-hydrogen) atoms. The summed E-state index contributed by atoms with van der Waals surface area (Å²) in [5, 5.41) is 9.07. The van der Waals surface area contributed by atoms with Crippen molar-refractivity contribution >= 4 is 56.6 Å². The van der Waals surface area contributed by atoms with E-state index in [0.29, 0.717) is 58.9 Å². The topological polar surface area (TPSA) is 174 Å². The third kappa shape index (κ3) is 56.2. The molecule has 21 heteroatoms. The lowest BCUT2D eigenvalue weighted by Gasteiger charge is -2.34. The minimum Gasteiger partial charge on any atom is -1.00 e. The van der Waals surface area contributed by atoms with E-state index in [0.717, 1.165) is 439 Å². The van der Waals surface area contributed by atoms with Crippen molar-refractivity contribution in [1.29, 1.82) is 0 Å². The van der Waals surface area contributed by atoms with Crippen LogP contribution in [-0.2, 0) is 43.2 Å². The highest BCUT2D eigenvalue weighted by molar-refractivity contribution is 5.52. The molecule has 0 rings (SSSR count). The van der Waals surface area contributed by atoms with Crippen LogP contribution in [0.15, 0.2) is 0 Å². The van der Waals surface area contributed by atoms with Crippen LogP contribution in [0, 0.1) is 0 Å². The van der Waals surface area contributed by atoms with Crippen LogP contribution in [0.5, 0.6) is 0 Å². The van der Waals surface area contributed by atoms with Gasteiger partial charge in [0.05, 0.1) is 182 Å². The maximum atomic E-state index is 11.9. The minimum absolute atomic E-state index is 0. The summed E-state index contributed by atoms with van der Waals surface area (Å²) in [7, 11) is 22.1. The average Bonchev–Trinajstić information content (AvgIpc) is 0.931. The quantitative estimate of drug-likeness (QED) is 0.0521. The highest BCUT2D eigenvalue weighted by Gasteiger charge is 2.28. The molecule has 0 aliphatic rings. The second kappa shape index (κ2) is 63.0. The van der Waals surface area contributed by atoms with Crippen molar-refractivity contribution in [2.75, 3.05) is 247 Å². The van der Waals surface area contributed by atoms with E-state index in [1.165, 1.54) is 0 Å². The van der Waals surface area contributed by atoms with E-state index in [4.69, 9.17) is 5.11 Å². The number of aldehydes is 9. The van der Waals surface area contributed by atoms with Crippen molar-refractivity contribution in [2.24, 2.45) is 0 Å². The van der Waals surface area contributed by atoms with Gasteiger partial charge in [-0.15, -0.1) is 0 Å². The Morgan fingerprint density at radius 2 is 0.272 bits per heavy atom. The fourth-order valence-corrected chi connectivity index (χ4v) is 15.8. The number of quaternary nitrogens is 9. The first-order valence-corrected chi connectivity index (χ1v) is 41.3. The van der Waals surface area contributed by atoms with Gasteiger partial charge in [0, 0.05) is 6.61 Å². The SMILES string of the molecule is C[N+](C)(CC=O)CCCCCC[N+](C)(CC=O)CCCCCC[N+](C)(CC=O)CCCCCC[N+](C)(CC=O)CCCCCC[N+](C)(CC=O)CCCCCC[N+](C)(CC=O)CCCCCC[N+](C)(CC=O)CCCCCC[N+](C)(CC=O)CCCCCC[N+](C)(CC=O)CCCCCCO.[Cl-].[Cl-]. The monoisotopic (exact) mass is 1510 g/mol. The molecule has 0 saturated carbocycles. The molecule has 0 bridgehead atoms. The number of aliphatic hydroxyl groups excluding tert-OH is 1. The number of rotatable bonds is 80. The number of likely N-dealkylation sites (N-methyl/N-ethyl adjacent to an activating group) is 9. The summed E-state index contributed by atoms with van der Waals surface area (Å²) < 4.78 is 7.08. The van der Waals surface area contributed by atoms with E-state index in [-0.39, 0.29) is 31.4 Å². The molecule has 0 aliphatic heterocycles. The Balaban J connectivity index is -0.0000500. The van der Waals surface area contributed by atoms with Crippen LogP contribution in [0.1, 0.15) is 231 Å². The second-order valence-electron chi connectivity index (χ2n) is 34.8. The molecule has 0 amide bonds. The van der Waals surface area contributed by atoms with E-state index in [2.05, 4.69) is 70.5 Å². The van der Waals surface area contributed by atoms with Gasteiger partial charge in [-0.2, -0.15) is 0 Å². The summed E-state index contributed by atoms with van der Waals surface area (Å²) in [5.74, 6) is 0. The normalized spacial score (nSPS) is 16.5. The molecule has 8 unspecified atom stereocenters. The number of carbonyl (C=O) groups excluding carboxylic acids is 9. The van der Waals surface area contributed by atoms with E-state index < -0.39 is 0 Å². The fourth-order valence-electron chi connectivity index (χ4n) is 15.8. The summed E-state index contributed by atoms with van der Waals surface area (Å²) >= 11 is 0. The van der Waals surface area contributed by atoms with E-state index >= 15 is 0 Å². The van der Waals surface area contributed by atoms with Gasteiger partial charge in [-0.1, -0.05) is 6.42 Å². The van der Waals surface area contributed by atoms with Crippen LogP contribution < -0.4 is 24.8 Å². The molecule has 606 valence electrons. The maximum absolute atomic E-state index is 11.9. The van der Waals surface area contributed by atoms with Crippen molar-refractivity contribution in [3.8, 4) is 0 Å². The predicted octanol–water partition coefficient (Wildman–Crippen LogP) is 4.47. The standard InChI is InChI=1S/C82H166N9O10.2ClH/c1-83(2,64-74-93)47-29-11-12-30-48-84(3,65-75-94)49-31-13-14-32-50-85(4,66-76-95)51-33-15-16-34-52-86(5,67-77-96)53-35-17-18-36-54-87(6,68-78-97)55-37-19-20-38-56-88(7,69-79-98)57-39-21-22-40-58-89(8,70-80-99)59-41-23-24-42-60-90(9,71-81-100)61-43-25-26-44-62-91(10,72-82-101)63-45-27-28-46-73-92;;/h74-82,92H,11-73H2,1-10H3;2*1H/q+9;;/p-2. The van der Waals surface area contributed by atoms with Gasteiger partial charge in [0.15, 0.2) is 56.6 Å². The Morgan fingerprint density at radius 3 is 0.379 bits per heavy atom. The van der Waals surface area contributed by atoms with Crippen LogP contribution in [0.2, 0.25) is 0 Å². The number of hydrogen-bond acceptors (Lipinski definition) is 10. The summed E-state index contributed by atoms with van der Waals surface area (Å²) in [5.41, 5.74) is 0. The van der Waals surface area contributed by atoms with Crippen LogP contribution >= 0.6 is 0 Å². The lowest BCUT2D eigenvalue weighted by atomic mass is 10.1. The molecule has 1 N–H and O–H groups in total. The summed E-state index contributed by atoms with van der Waals surface area (Å²) in [6.45, 7) is 22.3. The van der Waals surface area contributed by atoms with Gasteiger partial charge in [-0.05, 0) is 225 Å².